The van der Waals surface area contributed by atoms with Crippen LogP contribution in [0.2, 0.25) is 0 Å². The van der Waals surface area contributed by atoms with Crippen molar-refractivity contribution in [3.8, 4) is 5.88 Å². The first-order valence-corrected chi connectivity index (χ1v) is 9.76. The lowest BCUT2D eigenvalue weighted by atomic mass is 9.92. The minimum atomic E-state index is 0.131. The fourth-order valence-electron chi connectivity index (χ4n) is 4.08. The Morgan fingerprint density at radius 3 is 2.85 bits per heavy atom. The number of anilines is 1. The summed E-state index contributed by atoms with van der Waals surface area (Å²) < 4.78 is 11.9. The molecule has 0 amide bonds. The molecule has 0 aliphatic carbocycles. The van der Waals surface area contributed by atoms with E-state index >= 15 is 0 Å². The van der Waals surface area contributed by atoms with Gasteiger partial charge in [-0.1, -0.05) is 18.2 Å². The molecule has 1 unspecified atom stereocenters. The van der Waals surface area contributed by atoms with E-state index in [0.717, 1.165) is 68.4 Å². The highest BCUT2D eigenvalue weighted by atomic mass is 16.5. The minimum absolute atomic E-state index is 0.131. The van der Waals surface area contributed by atoms with Gasteiger partial charge in [0, 0.05) is 37.9 Å². The Bertz CT molecular complexity index is 886. The van der Waals surface area contributed by atoms with E-state index < -0.39 is 0 Å². The maximum absolute atomic E-state index is 6.35. The lowest BCUT2D eigenvalue weighted by Gasteiger charge is -2.25. The first-order chi connectivity index (χ1) is 13.4. The third kappa shape index (κ3) is 3.37. The molecule has 0 saturated carbocycles. The zero-order valence-electron chi connectivity index (χ0n) is 15.3. The van der Waals surface area contributed by atoms with Crippen molar-refractivity contribution in [2.75, 3.05) is 31.2 Å². The van der Waals surface area contributed by atoms with Gasteiger partial charge >= 0.3 is 0 Å². The van der Waals surface area contributed by atoms with Gasteiger partial charge in [0.15, 0.2) is 0 Å². The molecule has 4 heterocycles. The Morgan fingerprint density at radius 1 is 1.07 bits per heavy atom. The van der Waals surface area contributed by atoms with Crippen molar-refractivity contribution < 1.29 is 9.47 Å². The molecule has 6 heteroatoms. The molecule has 2 fully saturated rings. The first kappa shape index (κ1) is 16.6. The van der Waals surface area contributed by atoms with Gasteiger partial charge in [-0.05, 0) is 37.0 Å². The summed E-state index contributed by atoms with van der Waals surface area (Å²) >= 11 is 0. The Balaban J connectivity index is 1.30. The summed E-state index contributed by atoms with van der Waals surface area (Å²) in [5.74, 6) is 2.20. The molecule has 27 heavy (non-hydrogen) atoms. The third-order valence-corrected chi connectivity index (χ3v) is 5.56. The molecular weight excluding hydrogens is 340 g/mol. The van der Waals surface area contributed by atoms with E-state index in [9.17, 15) is 0 Å². The van der Waals surface area contributed by atoms with Crippen molar-refractivity contribution in [3.05, 3.63) is 48.2 Å². The lowest BCUT2D eigenvalue weighted by molar-refractivity contribution is 0.0840. The number of nitrogens with one attached hydrogen (secondary N) is 1. The largest absolute Gasteiger partial charge is 0.472 e. The highest BCUT2D eigenvalue weighted by Crippen LogP contribution is 2.33. The molecule has 0 spiro atoms. The maximum atomic E-state index is 6.35. The number of fused-ring (bicyclic) bond motifs is 1. The van der Waals surface area contributed by atoms with Crippen LogP contribution < -0.4 is 9.64 Å². The number of aromatic nitrogens is 3. The quantitative estimate of drug-likeness (QED) is 0.768. The summed E-state index contributed by atoms with van der Waals surface area (Å²) in [5.41, 5.74) is 3.30. The van der Waals surface area contributed by atoms with Crippen LogP contribution in [0.25, 0.3) is 11.0 Å². The molecule has 140 valence electrons. The molecular formula is C21H24N4O2. The molecule has 2 aliphatic heterocycles. The smallest absolute Gasteiger partial charge is 0.217 e. The summed E-state index contributed by atoms with van der Waals surface area (Å²) in [6.07, 6.45) is 5.01. The molecule has 6 nitrogen and oxygen atoms in total. The number of aromatic amines is 1. The number of H-pyrrole nitrogens is 1. The van der Waals surface area contributed by atoms with Crippen LogP contribution in [0.1, 0.15) is 30.7 Å². The predicted octanol–water partition coefficient (Wildman–Crippen LogP) is 3.51. The lowest BCUT2D eigenvalue weighted by Crippen LogP contribution is -2.26. The average Bonchev–Trinajstić information content (AvgIpc) is 3.36. The normalized spacial score (nSPS) is 21.0. The van der Waals surface area contributed by atoms with Gasteiger partial charge in [0.1, 0.15) is 6.10 Å². The Labute approximate surface area is 158 Å². The average molecular weight is 364 g/mol. The van der Waals surface area contributed by atoms with Crippen LogP contribution >= 0.6 is 0 Å². The third-order valence-electron chi connectivity index (χ3n) is 5.56. The highest BCUT2D eigenvalue weighted by Gasteiger charge is 2.28. The molecule has 5 rings (SSSR count). The van der Waals surface area contributed by atoms with Gasteiger partial charge in [-0.25, -0.2) is 9.97 Å². The molecule has 0 bridgehead atoms. The van der Waals surface area contributed by atoms with E-state index in [4.69, 9.17) is 14.5 Å². The van der Waals surface area contributed by atoms with E-state index in [2.05, 4.69) is 27.0 Å². The van der Waals surface area contributed by atoms with E-state index in [1.54, 1.807) is 0 Å². The van der Waals surface area contributed by atoms with Gasteiger partial charge in [0.2, 0.25) is 11.8 Å². The summed E-state index contributed by atoms with van der Waals surface area (Å²) in [7, 11) is 0. The van der Waals surface area contributed by atoms with Crippen LogP contribution in [0.5, 0.6) is 5.88 Å². The first-order valence-electron chi connectivity index (χ1n) is 9.76. The van der Waals surface area contributed by atoms with E-state index in [1.165, 1.54) is 5.56 Å². The molecule has 1 N–H and O–H groups in total. The Hall–Kier alpha value is -2.60. The second-order valence-electron chi connectivity index (χ2n) is 7.34. The number of ether oxygens (including phenoxy) is 2. The number of benzene rings is 1. The summed E-state index contributed by atoms with van der Waals surface area (Å²) in [6.45, 7) is 3.40. The zero-order chi connectivity index (χ0) is 18.1. The van der Waals surface area contributed by atoms with Gasteiger partial charge in [-0.2, -0.15) is 0 Å². The number of imidazole rings is 1. The monoisotopic (exact) mass is 364 g/mol. The van der Waals surface area contributed by atoms with Gasteiger partial charge < -0.3 is 19.4 Å². The molecule has 2 saturated heterocycles. The van der Waals surface area contributed by atoms with Crippen LogP contribution in [0.4, 0.5) is 5.95 Å². The molecule has 0 radical (unpaired) electrons. The second kappa shape index (κ2) is 7.19. The van der Waals surface area contributed by atoms with Crippen LogP contribution in [-0.2, 0) is 4.74 Å². The van der Waals surface area contributed by atoms with Gasteiger partial charge in [-0.15, -0.1) is 0 Å². The van der Waals surface area contributed by atoms with Gasteiger partial charge in [0.25, 0.3) is 0 Å². The maximum Gasteiger partial charge on any atom is 0.217 e. The molecule has 2 aliphatic rings. The van der Waals surface area contributed by atoms with Crippen molar-refractivity contribution >= 4 is 17.0 Å². The van der Waals surface area contributed by atoms with E-state index in [0.29, 0.717) is 5.92 Å². The highest BCUT2D eigenvalue weighted by molar-refractivity contribution is 5.77. The summed E-state index contributed by atoms with van der Waals surface area (Å²) in [5, 5.41) is 0. The Morgan fingerprint density at radius 2 is 1.96 bits per heavy atom. The van der Waals surface area contributed by atoms with Crippen LogP contribution in [-0.4, -0.2) is 47.4 Å². The topological polar surface area (TPSA) is 63.3 Å². The number of para-hydroxylation sites is 2. The second-order valence-corrected chi connectivity index (χ2v) is 7.34. The SMILES string of the molecule is c1cnc(OC2CCN(c3nc4ccccc4[nH]3)C2)c(C2CCOCC2)c1. The molecule has 3 aromatic rings. The van der Waals surface area contributed by atoms with Gasteiger partial charge in [-0.3, -0.25) is 0 Å². The van der Waals surface area contributed by atoms with Gasteiger partial charge in [0.05, 0.1) is 17.6 Å². The fourth-order valence-corrected chi connectivity index (χ4v) is 4.08. The van der Waals surface area contributed by atoms with Crippen molar-refractivity contribution in [2.45, 2.75) is 31.3 Å². The minimum Gasteiger partial charge on any atom is -0.472 e. The van der Waals surface area contributed by atoms with Crippen molar-refractivity contribution in [1.29, 1.82) is 0 Å². The zero-order valence-corrected chi connectivity index (χ0v) is 15.3. The number of pyridine rings is 1. The predicted molar refractivity (Wildman–Crippen MR) is 104 cm³/mol. The van der Waals surface area contributed by atoms with Crippen LogP contribution in [0.3, 0.4) is 0 Å². The summed E-state index contributed by atoms with van der Waals surface area (Å²) in [4.78, 5) is 14.9. The number of hydrogen-bond acceptors (Lipinski definition) is 5. The molecule has 1 atom stereocenters. The van der Waals surface area contributed by atoms with E-state index in [1.807, 2.05) is 30.5 Å². The fraction of sp³-hybridized carbons (Fsp3) is 0.429. The Kier molecular flexibility index (Phi) is 4.41. The van der Waals surface area contributed by atoms with Crippen LogP contribution in [0, 0.1) is 0 Å². The van der Waals surface area contributed by atoms with Crippen molar-refractivity contribution in [2.24, 2.45) is 0 Å². The number of rotatable bonds is 4. The number of nitrogens with zero attached hydrogens (tertiary/aromatic N) is 3. The summed E-state index contributed by atoms with van der Waals surface area (Å²) in [6, 6.07) is 12.3. The standard InChI is InChI=1S/C21H24N4O2/c1-2-6-19-18(5-1)23-21(24-19)25-11-7-16(14-25)27-20-17(4-3-10-22-20)15-8-12-26-13-9-15/h1-6,10,15-16H,7-9,11-14H2,(H,23,24). The van der Waals surface area contributed by atoms with Crippen molar-refractivity contribution in [3.63, 3.8) is 0 Å². The van der Waals surface area contributed by atoms with Crippen LogP contribution in [0.15, 0.2) is 42.6 Å². The molecule has 2 aromatic heterocycles. The van der Waals surface area contributed by atoms with Crippen molar-refractivity contribution in [1.82, 2.24) is 15.0 Å². The molecule has 1 aromatic carbocycles. The van der Waals surface area contributed by atoms with E-state index in [-0.39, 0.29) is 6.10 Å². The number of hydrogen-bond donors (Lipinski definition) is 1.